The fourth-order valence-corrected chi connectivity index (χ4v) is 4.46. The van der Waals surface area contributed by atoms with Crippen molar-refractivity contribution in [2.75, 3.05) is 0 Å². The van der Waals surface area contributed by atoms with Crippen LogP contribution in [0.1, 0.15) is 48.6 Å². The van der Waals surface area contributed by atoms with Crippen LogP contribution in [0.2, 0.25) is 10.0 Å². The molecule has 2 heterocycles. The number of nitrogens with zero attached hydrogens (tertiary/aromatic N) is 2. The number of carboxylic acid groups (broad SMARTS) is 1. The lowest BCUT2D eigenvalue weighted by atomic mass is 10.1. The molecule has 0 fully saturated rings. The normalized spacial score (nSPS) is 12.1. The number of hydrogen-bond acceptors (Lipinski definition) is 3. The summed E-state index contributed by atoms with van der Waals surface area (Å²) in [6, 6.07) is 9.22. The first-order chi connectivity index (χ1) is 13.9. The third-order valence-electron chi connectivity index (χ3n) is 4.79. The minimum absolute atomic E-state index is 0.292. The van der Waals surface area contributed by atoms with E-state index in [1.54, 1.807) is 12.3 Å². The third-order valence-corrected chi connectivity index (χ3v) is 6.54. The van der Waals surface area contributed by atoms with Crippen molar-refractivity contribution in [3.8, 4) is 0 Å². The molecule has 0 saturated heterocycles. The third kappa shape index (κ3) is 4.74. The maximum Gasteiger partial charge on any atom is 0.337 e. The number of aromatic nitrogens is 2. The van der Waals surface area contributed by atoms with E-state index < -0.39 is 5.97 Å². The molecule has 152 valence electrons. The van der Waals surface area contributed by atoms with Crippen molar-refractivity contribution in [2.24, 2.45) is 0 Å². The molecule has 1 aromatic carbocycles. The summed E-state index contributed by atoms with van der Waals surface area (Å²) in [5, 5.41) is 12.7. The maximum atomic E-state index is 12.0. The first-order valence-corrected chi connectivity index (χ1v) is 11.0. The zero-order chi connectivity index (χ0) is 21.0. The topological polar surface area (TPSA) is 55.1 Å². The van der Waals surface area contributed by atoms with Gasteiger partial charge in [0.25, 0.3) is 0 Å². The van der Waals surface area contributed by atoms with Gasteiger partial charge < -0.3 is 9.67 Å². The first kappa shape index (κ1) is 21.6. The van der Waals surface area contributed by atoms with Crippen LogP contribution in [0.5, 0.6) is 0 Å². The van der Waals surface area contributed by atoms with Gasteiger partial charge in [-0.15, -0.1) is 11.3 Å². The highest BCUT2D eigenvalue weighted by Crippen LogP contribution is 2.32. The van der Waals surface area contributed by atoms with Crippen LogP contribution in [-0.2, 0) is 17.8 Å². The molecule has 0 aliphatic rings. The molecule has 0 aliphatic heterocycles. The number of hydrogen-bond donors (Lipinski definition) is 1. The van der Waals surface area contributed by atoms with Crippen molar-refractivity contribution in [1.29, 1.82) is 0 Å². The second-order valence-electron chi connectivity index (χ2n) is 6.74. The lowest BCUT2D eigenvalue weighted by Crippen LogP contribution is -2.10. The molecular weight excluding hydrogens is 427 g/mol. The predicted octanol–water partition coefficient (Wildman–Crippen LogP) is 6.66. The average Bonchev–Trinajstić information content (AvgIpc) is 3.34. The predicted molar refractivity (Wildman–Crippen MR) is 121 cm³/mol. The Morgan fingerprint density at radius 3 is 2.69 bits per heavy atom. The molecule has 3 rings (SSSR count). The van der Waals surface area contributed by atoms with E-state index in [2.05, 4.69) is 16.5 Å². The Bertz CT molecular complexity index is 1040. The smallest absolute Gasteiger partial charge is 0.337 e. The van der Waals surface area contributed by atoms with Gasteiger partial charge in [0.2, 0.25) is 0 Å². The highest BCUT2D eigenvalue weighted by molar-refractivity contribution is 7.11. The molecule has 29 heavy (non-hydrogen) atoms. The van der Waals surface area contributed by atoms with Gasteiger partial charge in [-0.2, -0.15) is 0 Å². The Labute approximate surface area is 184 Å². The largest absolute Gasteiger partial charge is 0.478 e. The number of rotatable bonds is 8. The molecule has 3 aromatic rings. The minimum Gasteiger partial charge on any atom is -0.478 e. The molecule has 0 spiro atoms. The monoisotopic (exact) mass is 448 g/mol. The number of thiophene rings is 1. The molecule has 0 amide bonds. The molecule has 1 N–H and O–H groups in total. The number of unbranched alkanes of at least 4 members (excludes halogenated alkanes) is 1. The summed E-state index contributed by atoms with van der Waals surface area (Å²) >= 11 is 14.0. The van der Waals surface area contributed by atoms with Gasteiger partial charge in [0.1, 0.15) is 5.82 Å². The number of carbonyl (C=O) groups is 1. The Morgan fingerprint density at radius 2 is 2.03 bits per heavy atom. The van der Waals surface area contributed by atoms with Crippen molar-refractivity contribution in [1.82, 2.24) is 9.55 Å². The summed E-state index contributed by atoms with van der Waals surface area (Å²) in [6.07, 6.45) is 4.61. The summed E-state index contributed by atoms with van der Waals surface area (Å²) in [4.78, 5) is 17.4. The highest BCUT2D eigenvalue weighted by Gasteiger charge is 2.21. The number of imidazole rings is 1. The van der Waals surface area contributed by atoms with Crippen LogP contribution in [0.4, 0.5) is 0 Å². The van der Waals surface area contributed by atoms with E-state index in [4.69, 9.17) is 23.2 Å². The van der Waals surface area contributed by atoms with Gasteiger partial charge in [-0.1, -0.05) is 54.7 Å². The quantitative estimate of drug-likeness (QED) is 0.392. The molecular formula is C22H22Cl2N2O2S. The second kappa shape index (κ2) is 9.61. The molecule has 0 radical (unpaired) electrons. The van der Waals surface area contributed by atoms with E-state index in [9.17, 15) is 9.90 Å². The lowest BCUT2D eigenvalue weighted by molar-refractivity contribution is -0.130. The first-order valence-electron chi connectivity index (χ1n) is 9.39. The van der Waals surface area contributed by atoms with Crippen molar-refractivity contribution in [3.05, 3.63) is 73.9 Å². The average molecular weight is 449 g/mol. The van der Waals surface area contributed by atoms with Gasteiger partial charge >= 0.3 is 5.97 Å². The summed E-state index contributed by atoms with van der Waals surface area (Å²) in [6.45, 7) is 4.44. The summed E-state index contributed by atoms with van der Waals surface area (Å²) in [5.74, 6) is -0.0400. The van der Waals surface area contributed by atoms with E-state index in [-0.39, 0.29) is 0 Å². The fraction of sp³-hybridized carbons (Fsp3) is 0.273. The highest BCUT2D eigenvalue weighted by atomic mass is 35.5. The van der Waals surface area contributed by atoms with Crippen molar-refractivity contribution in [2.45, 2.75) is 39.7 Å². The Balaban J connectivity index is 2.14. The minimum atomic E-state index is -0.950. The van der Waals surface area contributed by atoms with Gasteiger partial charge in [0.05, 0.1) is 34.1 Å². The molecule has 0 aliphatic carbocycles. The van der Waals surface area contributed by atoms with Crippen LogP contribution in [0.3, 0.4) is 0 Å². The van der Waals surface area contributed by atoms with Gasteiger partial charge in [-0.05, 0) is 42.0 Å². The maximum absolute atomic E-state index is 12.0. The molecule has 7 heteroatoms. The van der Waals surface area contributed by atoms with E-state index >= 15 is 0 Å². The zero-order valence-corrected chi connectivity index (χ0v) is 18.6. The lowest BCUT2D eigenvalue weighted by Gasteiger charge is -2.15. The molecule has 2 aromatic heterocycles. The number of halogens is 2. The standard InChI is InChI=1S/C22H22Cl2N2O2S/c1-3-4-10-19-25-12-17(14(2)20(22(27)28)18-9-6-11-29-18)26(19)13-15-7-5-8-16(23)21(15)24/h5-9,11-12H,3-4,10,13H2,1-2H3,(H,27,28)/b20-14-. The summed E-state index contributed by atoms with van der Waals surface area (Å²) < 4.78 is 2.05. The van der Waals surface area contributed by atoms with Crippen LogP contribution in [-0.4, -0.2) is 20.6 Å². The number of aryl methyl sites for hydroxylation is 1. The summed E-state index contributed by atoms with van der Waals surface area (Å²) in [5.41, 5.74) is 2.61. The van der Waals surface area contributed by atoms with Crippen molar-refractivity contribution < 1.29 is 9.90 Å². The van der Waals surface area contributed by atoms with Crippen molar-refractivity contribution in [3.63, 3.8) is 0 Å². The fourth-order valence-electron chi connectivity index (χ4n) is 3.26. The number of aliphatic carboxylic acids is 1. The Hall–Kier alpha value is -2.08. The van der Waals surface area contributed by atoms with Crippen LogP contribution in [0, 0.1) is 0 Å². The van der Waals surface area contributed by atoms with Crippen LogP contribution in [0.25, 0.3) is 11.1 Å². The zero-order valence-electron chi connectivity index (χ0n) is 16.3. The van der Waals surface area contributed by atoms with E-state index in [1.165, 1.54) is 11.3 Å². The van der Waals surface area contributed by atoms with Gasteiger partial charge in [0, 0.05) is 11.3 Å². The molecule has 0 unspecified atom stereocenters. The molecule has 0 bridgehead atoms. The number of carboxylic acids is 1. The van der Waals surface area contributed by atoms with Crippen LogP contribution in [0.15, 0.2) is 41.9 Å². The van der Waals surface area contributed by atoms with Crippen molar-refractivity contribution >= 4 is 51.7 Å². The van der Waals surface area contributed by atoms with Gasteiger partial charge in [-0.25, -0.2) is 9.78 Å². The van der Waals surface area contributed by atoms with E-state index in [0.29, 0.717) is 27.7 Å². The molecule has 0 saturated carbocycles. The van der Waals surface area contributed by atoms with Gasteiger partial charge in [-0.3, -0.25) is 0 Å². The van der Waals surface area contributed by atoms with Gasteiger partial charge in [0.15, 0.2) is 0 Å². The Kier molecular flexibility index (Phi) is 7.17. The van der Waals surface area contributed by atoms with E-state index in [0.717, 1.165) is 41.2 Å². The molecule has 4 nitrogen and oxygen atoms in total. The Morgan fingerprint density at radius 1 is 1.24 bits per heavy atom. The second-order valence-corrected chi connectivity index (χ2v) is 8.48. The SMILES string of the molecule is CCCCc1ncc(/C(C)=C(\C(=O)O)c2cccs2)n1Cc1cccc(Cl)c1Cl. The summed E-state index contributed by atoms with van der Waals surface area (Å²) in [7, 11) is 0. The van der Waals surface area contributed by atoms with Crippen LogP contribution < -0.4 is 0 Å². The number of benzene rings is 1. The van der Waals surface area contributed by atoms with Crippen LogP contribution >= 0.6 is 34.5 Å². The van der Waals surface area contributed by atoms with E-state index in [1.807, 2.05) is 36.6 Å². The molecule has 0 atom stereocenters. The number of allylic oxidation sites excluding steroid dienone is 1.